The number of hydrogen-bond donors (Lipinski definition) is 4. The molecule has 7 heteroatoms. The van der Waals surface area contributed by atoms with Crippen molar-refractivity contribution in [2.45, 2.75) is 12.8 Å². The average molecular weight is 287 g/mol. The number of hydrogen-bond acceptors (Lipinski definition) is 5. The molecular formula is C14H17N5O2. The molecule has 0 fully saturated rings. The Morgan fingerprint density at radius 3 is 2.71 bits per heavy atom. The molecule has 0 unspecified atom stereocenters. The quantitative estimate of drug-likeness (QED) is 0.569. The zero-order valence-corrected chi connectivity index (χ0v) is 11.4. The van der Waals surface area contributed by atoms with Gasteiger partial charge in [0.25, 0.3) is 5.56 Å². The largest absolute Gasteiger partial charge is 0.396 e. The van der Waals surface area contributed by atoms with Crippen molar-refractivity contribution in [3.8, 4) is 0 Å². The molecule has 0 atom stereocenters. The van der Waals surface area contributed by atoms with Crippen LogP contribution < -0.4 is 11.3 Å². The van der Waals surface area contributed by atoms with Gasteiger partial charge >= 0.3 is 0 Å². The van der Waals surface area contributed by atoms with E-state index in [2.05, 4.69) is 32.1 Å². The first-order chi connectivity index (χ1) is 10.2. The van der Waals surface area contributed by atoms with E-state index in [9.17, 15) is 4.79 Å². The number of fused-ring (bicyclic) bond motifs is 1. The molecule has 0 aliphatic carbocycles. The van der Waals surface area contributed by atoms with E-state index in [1.54, 1.807) is 0 Å². The molecule has 0 spiro atoms. The second kappa shape index (κ2) is 7.20. The fourth-order valence-electron chi connectivity index (χ4n) is 1.79. The summed E-state index contributed by atoms with van der Waals surface area (Å²) in [5.41, 5.74) is 6.95. The van der Waals surface area contributed by atoms with E-state index in [1.807, 2.05) is 18.2 Å². The topological polar surface area (TPSA) is 121 Å². The number of nitrogen functional groups attached to an aromatic ring is 1. The molecule has 0 amide bonds. The maximum absolute atomic E-state index is 11.0. The lowest BCUT2D eigenvalue weighted by atomic mass is 10.1. The monoisotopic (exact) mass is 287 g/mol. The van der Waals surface area contributed by atoms with Crippen LogP contribution in [0.5, 0.6) is 0 Å². The van der Waals surface area contributed by atoms with Gasteiger partial charge in [-0.2, -0.15) is 4.98 Å². The molecule has 110 valence electrons. The first kappa shape index (κ1) is 14.7. The predicted octanol–water partition coefficient (Wildman–Crippen LogP) is 0.840. The lowest BCUT2D eigenvalue weighted by Gasteiger charge is -1.96. The Morgan fingerprint density at radius 1 is 1.24 bits per heavy atom. The van der Waals surface area contributed by atoms with Crippen LogP contribution in [0.2, 0.25) is 0 Å². The van der Waals surface area contributed by atoms with Gasteiger partial charge in [0.05, 0.1) is 6.33 Å². The van der Waals surface area contributed by atoms with E-state index in [0.717, 1.165) is 12.8 Å². The number of aryl methyl sites for hydroxylation is 1. The maximum Gasteiger partial charge on any atom is 0.278 e. The van der Waals surface area contributed by atoms with Crippen LogP contribution in [-0.2, 0) is 6.42 Å². The molecule has 1 aromatic carbocycles. The van der Waals surface area contributed by atoms with Crippen LogP contribution in [0.3, 0.4) is 0 Å². The van der Waals surface area contributed by atoms with Gasteiger partial charge in [-0.15, -0.1) is 0 Å². The molecule has 7 nitrogen and oxygen atoms in total. The lowest BCUT2D eigenvalue weighted by Crippen LogP contribution is -2.10. The smallest absolute Gasteiger partial charge is 0.278 e. The number of benzene rings is 1. The summed E-state index contributed by atoms with van der Waals surface area (Å²) in [4.78, 5) is 23.5. The summed E-state index contributed by atoms with van der Waals surface area (Å²) < 4.78 is 0. The molecule has 3 rings (SSSR count). The van der Waals surface area contributed by atoms with Crippen LogP contribution in [0, 0.1) is 0 Å². The highest BCUT2D eigenvalue weighted by Crippen LogP contribution is 2.01. The number of aromatic amines is 2. The van der Waals surface area contributed by atoms with Crippen molar-refractivity contribution in [2.75, 3.05) is 12.3 Å². The molecule has 3 aromatic rings. The van der Waals surface area contributed by atoms with E-state index >= 15 is 0 Å². The summed E-state index contributed by atoms with van der Waals surface area (Å²) >= 11 is 0. The van der Waals surface area contributed by atoms with Gasteiger partial charge in [0.1, 0.15) is 0 Å². The summed E-state index contributed by atoms with van der Waals surface area (Å²) in [5, 5.41) is 8.53. The van der Waals surface area contributed by atoms with Gasteiger partial charge in [-0.25, -0.2) is 4.98 Å². The first-order valence-corrected chi connectivity index (χ1v) is 6.54. The van der Waals surface area contributed by atoms with Gasteiger partial charge in [0.15, 0.2) is 11.2 Å². The number of aliphatic hydroxyl groups is 1. The zero-order valence-electron chi connectivity index (χ0n) is 11.4. The summed E-state index contributed by atoms with van der Waals surface area (Å²) in [7, 11) is 0. The molecule has 0 saturated heterocycles. The Labute approximate surface area is 120 Å². The molecule has 2 heterocycles. The van der Waals surface area contributed by atoms with Crippen molar-refractivity contribution >= 4 is 17.1 Å². The van der Waals surface area contributed by atoms with Gasteiger partial charge in [-0.05, 0) is 18.4 Å². The highest BCUT2D eigenvalue weighted by Gasteiger charge is 2.01. The van der Waals surface area contributed by atoms with E-state index in [4.69, 9.17) is 10.8 Å². The minimum absolute atomic E-state index is 0.0783. The molecular weight excluding hydrogens is 270 g/mol. The summed E-state index contributed by atoms with van der Waals surface area (Å²) in [6, 6.07) is 10.2. The molecule has 0 saturated carbocycles. The minimum Gasteiger partial charge on any atom is -0.396 e. The Morgan fingerprint density at radius 2 is 2.00 bits per heavy atom. The molecule has 0 aliphatic heterocycles. The molecule has 0 bridgehead atoms. The Hall–Kier alpha value is -2.67. The number of rotatable bonds is 3. The van der Waals surface area contributed by atoms with Crippen molar-refractivity contribution in [3.63, 3.8) is 0 Å². The van der Waals surface area contributed by atoms with Crippen LogP contribution in [-0.4, -0.2) is 31.6 Å². The predicted molar refractivity (Wildman–Crippen MR) is 80.8 cm³/mol. The third kappa shape index (κ3) is 4.15. The Bertz CT molecular complexity index is 736. The summed E-state index contributed by atoms with van der Waals surface area (Å²) in [6.45, 7) is 0.287. The fraction of sp³-hybridized carbons (Fsp3) is 0.214. The first-order valence-electron chi connectivity index (χ1n) is 6.54. The molecule has 2 aromatic heterocycles. The second-order valence-corrected chi connectivity index (χ2v) is 4.37. The van der Waals surface area contributed by atoms with Gasteiger partial charge < -0.3 is 15.8 Å². The molecule has 0 aliphatic rings. The number of aliphatic hydroxyl groups excluding tert-OH is 1. The van der Waals surface area contributed by atoms with Crippen molar-refractivity contribution in [2.24, 2.45) is 0 Å². The average Bonchev–Trinajstić information content (AvgIpc) is 2.95. The van der Waals surface area contributed by atoms with Gasteiger partial charge in [0.2, 0.25) is 5.95 Å². The van der Waals surface area contributed by atoms with Crippen molar-refractivity contribution in [1.82, 2.24) is 19.9 Å². The number of imidazole rings is 1. The van der Waals surface area contributed by atoms with E-state index in [-0.39, 0.29) is 18.1 Å². The SMILES string of the molecule is Nc1nc2nc[nH]c2c(=O)[nH]1.OCCCc1ccccc1. The van der Waals surface area contributed by atoms with Gasteiger partial charge in [-0.1, -0.05) is 30.3 Å². The van der Waals surface area contributed by atoms with Crippen molar-refractivity contribution in [1.29, 1.82) is 0 Å². The maximum atomic E-state index is 11.0. The van der Waals surface area contributed by atoms with Crippen molar-refractivity contribution in [3.05, 3.63) is 52.6 Å². The van der Waals surface area contributed by atoms with Crippen LogP contribution in [0.4, 0.5) is 5.95 Å². The zero-order chi connectivity index (χ0) is 15.1. The van der Waals surface area contributed by atoms with Crippen LogP contribution >= 0.6 is 0 Å². The Kier molecular flexibility index (Phi) is 5.05. The van der Waals surface area contributed by atoms with Crippen LogP contribution in [0.15, 0.2) is 41.5 Å². The number of nitrogens with zero attached hydrogens (tertiary/aromatic N) is 2. The highest BCUT2D eigenvalue weighted by molar-refractivity contribution is 5.69. The number of aromatic nitrogens is 4. The standard InChI is InChI=1S/C9H12O.C5H5N5O/c10-8-4-7-9-5-2-1-3-6-9;6-5-9-3-2(4(11)10-5)7-1-8-3/h1-3,5-6,10H,4,7-8H2;1H,(H4,6,7,8,9,10,11). The fourth-order valence-corrected chi connectivity index (χ4v) is 1.79. The van der Waals surface area contributed by atoms with E-state index < -0.39 is 0 Å². The third-order valence-corrected chi connectivity index (χ3v) is 2.78. The van der Waals surface area contributed by atoms with Crippen LogP contribution in [0.25, 0.3) is 11.2 Å². The molecule has 5 N–H and O–H groups in total. The van der Waals surface area contributed by atoms with E-state index in [0.29, 0.717) is 11.2 Å². The number of H-pyrrole nitrogens is 2. The van der Waals surface area contributed by atoms with E-state index in [1.165, 1.54) is 11.9 Å². The Balaban J connectivity index is 0.000000155. The molecule has 0 radical (unpaired) electrons. The highest BCUT2D eigenvalue weighted by atomic mass is 16.2. The van der Waals surface area contributed by atoms with Gasteiger partial charge in [0, 0.05) is 6.61 Å². The van der Waals surface area contributed by atoms with Crippen LogP contribution in [0.1, 0.15) is 12.0 Å². The lowest BCUT2D eigenvalue weighted by molar-refractivity contribution is 0.288. The normalized spacial score (nSPS) is 10.1. The minimum atomic E-state index is -0.301. The summed E-state index contributed by atoms with van der Waals surface area (Å²) in [5.74, 6) is 0.0783. The third-order valence-electron chi connectivity index (χ3n) is 2.78. The number of anilines is 1. The summed E-state index contributed by atoms with van der Waals surface area (Å²) in [6.07, 6.45) is 3.24. The van der Waals surface area contributed by atoms with Crippen molar-refractivity contribution < 1.29 is 5.11 Å². The molecule has 21 heavy (non-hydrogen) atoms. The van der Waals surface area contributed by atoms with Gasteiger partial charge in [-0.3, -0.25) is 9.78 Å². The number of nitrogens with one attached hydrogen (secondary N) is 2. The number of nitrogens with two attached hydrogens (primary N) is 1. The second-order valence-electron chi connectivity index (χ2n) is 4.37.